The summed E-state index contributed by atoms with van der Waals surface area (Å²) in [6, 6.07) is 6.32. The summed E-state index contributed by atoms with van der Waals surface area (Å²) in [4.78, 5) is 8.64. The van der Waals surface area contributed by atoms with E-state index in [4.69, 9.17) is 0 Å². The first-order valence-corrected chi connectivity index (χ1v) is 11.9. The van der Waals surface area contributed by atoms with Crippen LogP contribution in [0.25, 0.3) is 0 Å². The van der Waals surface area contributed by atoms with Crippen molar-refractivity contribution >= 4 is 52.6 Å². The molecule has 162 valence electrons. The Bertz CT molecular complexity index is 711. The third-order valence-corrected chi connectivity index (χ3v) is 6.80. The molecule has 3 heterocycles. The number of thiophene rings is 2. The molecule has 0 saturated carbocycles. The molecule has 0 spiro atoms. The molecular weight excluding hydrogens is 515 g/mol. The molecule has 1 aliphatic rings. The standard InChI is InChI=1S/C21H32N4OS2.HI/c1-3-22-20(24-16-21(2,26)18-8-12-27-15-18)23-13-17-6-9-25(10-7-17)14-19-5-4-11-28-19;/h4-5,8,11-12,15,17,26H,3,6-7,9-10,13-14,16H2,1-2H3,(H2,22,23,24);1H. The van der Waals surface area contributed by atoms with E-state index in [2.05, 4.69) is 45.0 Å². The van der Waals surface area contributed by atoms with Crippen molar-refractivity contribution in [3.05, 3.63) is 44.8 Å². The lowest BCUT2D eigenvalue weighted by molar-refractivity contribution is 0.0677. The molecule has 5 nitrogen and oxygen atoms in total. The molecule has 3 rings (SSSR count). The van der Waals surface area contributed by atoms with Gasteiger partial charge in [-0.25, -0.2) is 4.99 Å². The van der Waals surface area contributed by atoms with Crippen molar-refractivity contribution in [1.82, 2.24) is 15.5 Å². The highest BCUT2D eigenvalue weighted by Crippen LogP contribution is 2.23. The monoisotopic (exact) mass is 548 g/mol. The Morgan fingerprint density at radius 1 is 1.28 bits per heavy atom. The van der Waals surface area contributed by atoms with Gasteiger partial charge in [0.2, 0.25) is 0 Å². The molecular formula is C21H33IN4OS2. The lowest BCUT2D eigenvalue weighted by Gasteiger charge is -2.32. The molecule has 0 bridgehead atoms. The van der Waals surface area contributed by atoms with Crippen molar-refractivity contribution in [3.63, 3.8) is 0 Å². The maximum absolute atomic E-state index is 10.7. The lowest BCUT2D eigenvalue weighted by atomic mass is 9.97. The zero-order valence-electron chi connectivity index (χ0n) is 17.3. The second-order valence-corrected chi connectivity index (χ2v) is 9.47. The fraction of sp³-hybridized carbons (Fsp3) is 0.571. The minimum absolute atomic E-state index is 0. The number of nitrogens with one attached hydrogen (secondary N) is 2. The highest BCUT2D eigenvalue weighted by Gasteiger charge is 2.24. The second-order valence-electron chi connectivity index (χ2n) is 7.66. The Morgan fingerprint density at radius 3 is 2.69 bits per heavy atom. The second kappa shape index (κ2) is 12.2. The molecule has 3 N–H and O–H groups in total. The van der Waals surface area contributed by atoms with Gasteiger partial charge < -0.3 is 15.7 Å². The Hall–Kier alpha value is -0.680. The van der Waals surface area contributed by atoms with Gasteiger partial charge in [-0.1, -0.05) is 6.07 Å². The molecule has 29 heavy (non-hydrogen) atoms. The van der Waals surface area contributed by atoms with Crippen LogP contribution in [0.3, 0.4) is 0 Å². The summed E-state index contributed by atoms with van der Waals surface area (Å²) in [5.41, 5.74) is -0.00891. The van der Waals surface area contributed by atoms with Gasteiger partial charge in [-0.15, -0.1) is 35.3 Å². The summed E-state index contributed by atoms with van der Waals surface area (Å²) in [5.74, 6) is 1.46. The SMILES string of the molecule is CCNC(=NCC(C)(O)c1ccsc1)NCC1CCN(Cc2cccs2)CC1.I. The molecule has 1 aliphatic heterocycles. The number of piperidine rings is 1. The van der Waals surface area contributed by atoms with E-state index >= 15 is 0 Å². The number of halogens is 1. The van der Waals surface area contributed by atoms with Crippen LogP contribution >= 0.6 is 46.7 Å². The first-order chi connectivity index (χ1) is 13.6. The maximum Gasteiger partial charge on any atom is 0.191 e. The van der Waals surface area contributed by atoms with E-state index in [0.717, 1.165) is 44.2 Å². The van der Waals surface area contributed by atoms with Crippen LogP contribution < -0.4 is 10.6 Å². The normalized spacial score (nSPS) is 18.1. The average Bonchev–Trinajstić information content (AvgIpc) is 3.39. The van der Waals surface area contributed by atoms with Crippen LogP contribution in [0.4, 0.5) is 0 Å². The molecule has 1 fully saturated rings. The minimum atomic E-state index is -0.935. The Balaban J connectivity index is 0.00000300. The molecule has 1 atom stereocenters. The molecule has 8 heteroatoms. The number of hydrogen-bond donors (Lipinski definition) is 3. The number of hydrogen-bond acceptors (Lipinski definition) is 5. The number of aliphatic imine (C=N–C) groups is 1. The van der Waals surface area contributed by atoms with Crippen molar-refractivity contribution in [1.29, 1.82) is 0 Å². The van der Waals surface area contributed by atoms with Crippen molar-refractivity contribution in [2.24, 2.45) is 10.9 Å². The predicted molar refractivity (Wildman–Crippen MR) is 136 cm³/mol. The van der Waals surface area contributed by atoms with Crippen molar-refractivity contribution in [2.45, 2.75) is 38.8 Å². The van der Waals surface area contributed by atoms with E-state index in [0.29, 0.717) is 12.5 Å². The number of rotatable bonds is 8. The van der Waals surface area contributed by atoms with Gasteiger partial charge in [-0.05, 0) is 79.5 Å². The van der Waals surface area contributed by atoms with E-state index in [1.54, 1.807) is 11.3 Å². The molecule has 1 unspecified atom stereocenters. The van der Waals surface area contributed by atoms with Gasteiger partial charge in [0.25, 0.3) is 0 Å². The van der Waals surface area contributed by atoms with Crippen molar-refractivity contribution < 1.29 is 5.11 Å². The minimum Gasteiger partial charge on any atom is -0.383 e. The Morgan fingerprint density at radius 2 is 2.07 bits per heavy atom. The van der Waals surface area contributed by atoms with Crippen LogP contribution in [-0.4, -0.2) is 48.7 Å². The van der Waals surface area contributed by atoms with Crippen molar-refractivity contribution in [3.8, 4) is 0 Å². The van der Waals surface area contributed by atoms with Gasteiger partial charge in [0.1, 0.15) is 5.60 Å². The summed E-state index contributed by atoms with van der Waals surface area (Å²) in [5, 5.41) is 23.6. The predicted octanol–water partition coefficient (Wildman–Crippen LogP) is 4.10. The van der Waals surface area contributed by atoms with E-state index in [9.17, 15) is 5.11 Å². The number of likely N-dealkylation sites (tertiary alicyclic amines) is 1. The highest BCUT2D eigenvalue weighted by atomic mass is 127. The van der Waals surface area contributed by atoms with Crippen molar-refractivity contribution in [2.75, 3.05) is 32.7 Å². The lowest BCUT2D eigenvalue weighted by Crippen LogP contribution is -2.43. The van der Waals surface area contributed by atoms with Crippen LogP contribution in [0.1, 0.15) is 37.1 Å². The summed E-state index contributed by atoms with van der Waals surface area (Å²) in [6.07, 6.45) is 2.43. The number of aliphatic hydroxyl groups is 1. The van der Waals surface area contributed by atoms with E-state index in [-0.39, 0.29) is 24.0 Å². The van der Waals surface area contributed by atoms with Gasteiger partial charge in [0, 0.05) is 24.5 Å². The fourth-order valence-electron chi connectivity index (χ4n) is 3.45. The van der Waals surface area contributed by atoms with E-state index in [1.165, 1.54) is 17.7 Å². The van der Waals surface area contributed by atoms with Crippen LogP contribution in [-0.2, 0) is 12.1 Å². The van der Waals surface area contributed by atoms with E-state index in [1.807, 2.05) is 35.1 Å². The summed E-state index contributed by atoms with van der Waals surface area (Å²) < 4.78 is 0. The average molecular weight is 549 g/mol. The number of nitrogens with zero attached hydrogens (tertiary/aromatic N) is 2. The van der Waals surface area contributed by atoms with Crippen LogP contribution in [0, 0.1) is 5.92 Å². The van der Waals surface area contributed by atoms with Gasteiger partial charge in [-0.3, -0.25) is 4.90 Å². The molecule has 2 aromatic rings. The fourth-order valence-corrected chi connectivity index (χ4v) is 4.98. The molecule has 0 aliphatic carbocycles. The first kappa shape index (κ1) is 24.6. The number of guanidine groups is 1. The molecule has 0 aromatic carbocycles. The molecule has 2 aromatic heterocycles. The highest BCUT2D eigenvalue weighted by molar-refractivity contribution is 14.0. The van der Waals surface area contributed by atoms with Gasteiger partial charge in [0.15, 0.2) is 5.96 Å². The van der Waals surface area contributed by atoms with Gasteiger partial charge in [-0.2, -0.15) is 11.3 Å². The first-order valence-electron chi connectivity index (χ1n) is 10.1. The van der Waals surface area contributed by atoms with Crippen LogP contribution in [0.2, 0.25) is 0 Å². The molecule has 0 amide bonds. The Kier molecular flexibility index (Phi) is 10.4. The molecule has 0 radical (unpaired) electrons. The third kappa shape index (κ3) is 7.82. The molecule has 1 saturated heterocycles. The van der Waals surface area contributed by atoms with Crippen LogP contribution in [0.15, 0.2) is 39.3 Å². The smallest absolute Gasteiger partial charge is 0.191 e. The largest absolute Gasteiger partial charge is 0.383 e. The summed E-state index contributed by atoms with van der Waals surface area (Å²) in [7, 11) is 0. The zero-order chi connectivity index (χ0) is 19.8. The third-order valence-electron chi connectivity index (χ3n) is 5.26. The maximum atomic E-state index is 10.7. The summed E-state index contributed by atoms with van der Waals surface area (Å²) >= 11 is 3.44. The Labute approximate surface area is 199 Å². The quantitative estimate of drug-likeness (QED) is 0.264. The topological polar surface area (TPSA) is 59.9 Å². The summed E-state index contributed by atoms with van der Waals surface area (Å²) in [6.45, 7) is 9.38. The van der Waals surface area contributed by atoms with E-state index < -0.39 is 5.60 Å². The van der Waals surface area contributed by atoms with Crippen LogP contribution in [0.5, 0.6) is 0 Å². The van der Waals surface area contributed by atoms with Gasteiger partial charge >= 0.3 is 0 Å². The zero-order valence-corrected chi connectivity index (χ0v) is 21.2. The van der Waals surface area contributed by atoms with Gasteiger partial charge in [0.05, 0.1) is 6.54 Å².